The van der Waals surface area contributed by atoms with Crippen LogP contribution in [0.25, 0.3) is 0 Å². The van der Waals surface area contributed by atoms with Gasteiger partial charge in [-0.05, 0) is 6.07 Å². The quantitative estimate of drug-likeness (QED) is 0.741. The maximum atomic E-state index is 11.8. The first-order chi connectivity index (χ1) is 6.40. The zero-order chi connectivity index (χ0) is 10.8. The molecule has 0 N–H and O–H groups in total. The Labute approximate surface area is 91.9 Å². The van der Waals surface area contributed by atoms with Crippen LogP contribution in [0.15, 0.2) is 28.7 Å². The van der Waals surface area contributed by atoms with Gasteiger partial charge in [-0.2, -0.15) is 0 Å². The number of alkyl halides is 4. The Kier molecular flexibility index (Phi) is 3.80. The van der Waals surface area contributed by atoms with E-state index in [0.29, 0.717) is 4.47 Å². The van der Waals surface area contributed by atoms with Crippen molar-refractivity contribution in [3.8, 4) is 0 Å². The van der Waals surface area contributed by atoms with Gasteiger partial charge in [-0.1, -0.05) is 45.7 Å². The monoisotopic (exact) mass is 288 g/mol. The number of benzene rings is 1. The summed E-state index contributed by atoms with van der Waals surface area (Å²) >= 11 is 8.50. The molecule has 0 aliphatic rings. The SMILES string of the molecule is FC(F)(F)OC(Cl)c1ccccc1Br. The minimum Gasteiger partial charge on any atom is -0.268 e. The molecule has 0 radical (unpaired) electrons. The third kappa shape index (κ3) is 3.48. The summed E-state index contributed by atoms with van der Waals surface area (Å²) in [6.45, 7) is 0. The van der Waals surface area contributed by atoms with E-state index in [1.54, 1.807) is 18.2 Å². The maximum Gasteiger partial charge on any atom is 0.524 e. The lowest BCUT2D eigenvalue weighted by molar-refractivity contribution is -0.333. The Morgan fingerprint density at radius 3 is 2.36 bits per heavy atom. The largest absolute Gasteiger partial charge is 0.524 e. The molecule has 0 aliphatic heterocycles. The maximum absolute atomic E-state index is 11.8. The van der Waals surface area contributed by atoms with Gasteiger partial charge in [0.2, 0.25) is 0 Å². The molecule has 0 aromatic heterocycles. The lowest BCUT2D eigenvalue weighted by Crippen LogP contribution is -2.15. The zero-order valence-corrected chi connectivity index (χ0v) is 9.03. The number of ether oxygens (including phenoxy) is 1. The first-order valence-electron chi connectivity index (χ1n) is 3.53. The normalized spacial score (nSPS) is 14.1. The Hall–Kier alpha value is -0.260. The molecule has 14 heavy (non-hydrogen) atoms. The number of halogens is 5. The minimum absolute atomic E-state index is 0.242. The summed E-state index contributed by atoms with van der Waals surface area (Å²) in [5.74, 6) is 0. The van der Waals surface area contributed by atoms with E-state index in [4.69, 9.17) is 11.6 Å². The van der Waals surface area contributed by atoms with Crippen molar-refractivity contribution in [1.82, 2.24) is 0 Å². The predicted molar refractivity (Wildman–Crippen MR) is 49.9 cm³/mol. The highest BCUT2D eigenvalue weighted by Gasteiger charge is 2.33. The van der Waals surface area contributed by atoms with Crippen molar-refractivity contribution in [1.29, 1.82) is 0 Å². The van der Waals surface area contributed by atoms with Gasteiger partial charge in [-0.25, -0.2) is 0 Å². The second-order valence-electron chi connectivity index (χ2n) is 2.40. The van der Waals surface area contributed by atoms with Gasteiger partial charge in [0.05, 0.1) is 0 Å². The Morgan fingerprint density at radius 2 is 1.86 bits per heavy atom. The van der Waals surface area contributed by atoms with Crippen LogP contribution in [0.3, 0.4) is 0 Å². The fourth-order valence-corrected chi connectivity index (χ4v) is 1.76. The van der Waals surface area contributed by atoms with Crippen LogP contribution in [0.5, 0.6) is 0 Å². The lowest BCUT2D eigenvalue weighted by atomic mass is 10.2. The molecular weight excluding hydrogens is 284 g/mol. The highest BCUT2D eigenvalue weighted by Crippen LogP contribution is 2.34. The number of rotatable bonds is 2. The molecule has 6 heteroatoms. The fraction of sp³-hybridized carbons (Fsp3) is 0.250. The molecule has 1 nitrogen and oxygen atoms in total. The molecule has 0 bridgehead atoms. The zero-order valence-electron chi connectivity index (χ0n) is 6.68. The molecule has 1 aromatic rings. The third-order valence-corrected chi connectivity index (χ3v) is 2.43. The Balaban J connectivity index is 2.80. The van der Waals surface area contributed by atoms with Crippen molar-refractivity contribution < 1.29 is 17.9 Å². The van der Waals surface area contributed by atoms with Gasteiger partial charge < -0.3 is 0 Å². The molecular formula is C8H5BrClF3O. The molecule has 0 fully saturated rings. The van der Waals surface area contributed by atoms with Crippen molar-refractivity contribution >= 4 is 27.5 Å². The van der Waals surface area contributed by atoms with E-state index in [1.807, 2.05) is 0 Å². The topological polar surface area (TPSA) is 9.23 Å². The van der Waals surface area contributed by atoms with Gasteiger partial charge in [-0.15, -0.1) is 13.2 Å². The molecule has 0 aliphatic carbocycles. The van der Waals surface area contributed by atoms with Gasteiger partial charge in [-0.3, -0.25) is 4.74 Å². The third-order valence-electron chi connectivity index (χ3n) is 1.39. The van der Waals surface area contributed by atoms with E-state index < -0.39 is 11.9 Å². The molecule has 0 spiro atoms. The van der Waals surface area contributed by atoms with Crippen molar-refractivity contribution in [2.24, 2.45) is 0 Å². The van der Waals surface area contributed by atoms with E-state index in [2.05, 4.69) is 20.7 Å². The van der Waals surface area contributed by atoms with Crippen LogP contribution >= 0.6 is 27.5 Å². The summed E-state index contributed by atoms with van der Waals surface area (Å²) in [7, 11) is 0. The second kappa shape index (κ2) is 4.51. The molecule has 1 unspecified atom stereocenters. The van der Waals surface area contributed by atoms with Crippen LogP contribution in [0.1, 0.15) is 11.1 Å². The van der Waals surface area contributed by atoms with E-state index >= 15 is 0 Å². The lowest BCUT2D eigenvalue weighted by Gasteiger charge is -2.14. The molecule has 0 saturated heterocycles. The van der Waals surface area contributed by atoms with E-state index in [1.165, 1.54) is 6.07 Å². The van der Waals surface area contributed by atoms with Gasteiger partial charge in [0.15, 0.2) is 5.56 Å². The van der Waals surface area contributed by atoms with Crippen LogP contribution < -0.4 is 0 Å². The summed E-state index contributed by atoms with van der Waals surface area (Å²) < 4.78 is 39.5. The smallest absolute Gasteiger partial charge is 0.268 e. The Morgan fingerprint density at radius 1 is 1.29 bits per heavy atom. The second-order valence-corrected chi connectivity index (χ2v) is 3.65. The number of hydrogen-bond acceptors (Lipinski definition) is 1. The summed E-state index contributed by atoms with van der Waals surface area (Å²) in [5, 5.41) is 0. The van der Waals surface area contributed by atoms with E-state index in [0.717, 1.165) is 0 Å². The van der Waals surface area contributed by atoms with Gasteiger partial charge in [0.25, 0.3) is 0 Å². The molecule has 0 saturated carbocycles. The average molecular weight is 289 g/mol. The van der Waals surface area contributed by atoms with Crippen molar-refractivity contribution in [2.75, 3.05) is 0 Å². The summed E-state index contributed by atoms with van der Waals surface area (Å²) in [6.07, 6.45) is -4.73. The number of hydrogen-bond donors (Lipinski definition) is 0. The first-order valence-corrected chi connectivity index (χ1v) is 4.76. The average Bonchev–Trinajstić information content (AvgIpc) is 2.01. The van der Waals surface area contributed by atoms with Crippen LogP contribution in [0, 0.1) is 0 Å². The summed E-state index contributed by atoms with van der Waals surface area (Å²) in [6, 6.07) is 6.29. The van der Waals surface area contributed by atoms with E-state index in [9.17, 15) is 13.2 Å². The Bertz CT molecular complexity index is 316. The van der Waals surface area contributed by atoms with Crippen molar-refractivity contribution in [3.05, 3.63) is 34.3 Å². The molecule has 1 aromatic carbocycles. The minimum atomic E-state index is -4.73. The first kappa shape index (κ1) is 11.8. The van der Waals surface area contributed by atoms with Crippen molar-refractivity contribution in [3.63, 3.8) is 0 Å². The highest BCUT2D eigenvalue weighted by atomic mass is 79.9. The molecule has 0 heterocycles. The van der Waals surface area contributed by atoms with Crippen LogP contribution in [0.4, 0.5) is 13.2 Å². The molecule has 1 rings (SSSR count). The summed E-state index contributed by atoms with van der Waals surface area (Å²) in [5.41, 5.74) is -1.29. The van der Waals surface area contributed by atoms with Crippen molar-refractivity contribution in [2.45, 2.75) is 11.9 Å². The van der Waals surface area contributed by atoms with Crippen LogP contribution in [0.2, 0.25) is 0 Å². The molecule has 78 valence electrons. The van der Waals surface area contributed by atoms with Gasteiger partial charge in [0.1, 0.15) is 0 Å². The van der Waals surface area contributed by atoms with Crippen LogP contribution in [-0.2, 0) is 4.74 Å². The molecule has 1 atom stereocenters. The fourth-order valence-electron chi connectivity index (χ4n) is 0.840. The highest BCUT2D eigenvalue weighted by molar-refractivity contribution is 9.10. The van der Waals surface area contributed by atoms with Crippen LogP contribution in [-0.4, -0.2) is 6.36 Å². The predicted octanol–water partition coefficient (Wildman–Crippen LogP) is 4.22. The summed E-state index contributed by atoms with van der Waals surface area (Å²) in [4.78, 5) is 0. The molecule has 0 amide bonds. The van der Waals surface area contributed by atoms with E-state index in [-0.39, 0.29) is 5.56 Å². The standard InChI is InChI=1S/C8H5BrClF3O/c9-6-4-2-1-3-5(6)7(10)14-8(11,12)13/h1-4,7H. The van der Waals surface area contributed by atoms with Gasteiger partial charge in [0, 0.05) is 10.0 Å². The van der Waals surface area contributed by atoms with Gasteiger partial charge >= 0.3 is 6.36 Å².